The van der Waals surface area contributed by atoms with E-state index >= 15 is 0 Å². The minimum Gasteiger partial charge on any atom is -0.493 e. The zero-order chi connectivity index (χ0) is 13.1. The minimum atomic E-state index is 0.374. The summed E-state index contributed by atoms with van der Waals surface area (Å²) in [6, 6.07) is 7.51. The highest BCUT2D eigenvalue weighted by atomic mass is 35.5. The average Bonchev–Trinajstić information content (AvgIpc) is 2.62. The smallest absolute Gasteiger partial charge is 0.161 e. The first-order chi connectivity index (χ1) is 8.63. The van der Waals surface area contributed by atoms with E-state index < -0.39 is 0 Å². The molecule has 0 aliphatic carbocycles. The summed E-state index contributed by atoms with van der Waals surface area (Å²) < 4.78 is 12.6. The molecule has 1 heterocycles. The van der Waals surface area contributed by atoms with Crippen LogP contribution in [-0.4, -0.2) is 16.9 Å². The Morgan fingerprint density at radius 2 is 1.94 bits per heavy atom. The summed E-state index contributed by atoms with van der Waals surface area (Å²) in [5.74, 6) is 1.40. The second-order valence-corrected chi connectivity index (χ2v) is 4.28. The van der Waals surface area contributed by atoms with Gasteiger partial charge in [0.1, 0.15) is 11.8 Å². The number of ether oxygens (including phenoxy) is 2. The van der Waals surface area contributed by atoms with Crippen LogP contribution in [0.15, 0.2) is 24.3 Å². The van der Waals surface area contributed by atoms with Gasteiger partial charge in [0.05, 0.1) is 12.8 Å². The summed E-state index contributed by atoms with van der Waals surface area (Å²) in [6.45, 7) is 2.28. The van der Waals surface area contributed by atoms with Crippen LogP contribution in [0.25, 0.3) is 0 Å². The Hall–Kier alpha value is -1.68. The first-order valence-electron chi connectivity index (χ1n) is 5.57. The van der Waals surface area contributed by atoms with Gasteiger partial charge in [-0.2, -0.15) is 5.10 Å². The lowest BCUT2D eigenvalue weighted by Gasteiger charge is -2.10. The molecule has 18 heavy (non-hydrogen) atoms. The van der Waals surface area contributed by atoms with Gasteiger partial charge < -0.3 is 9.47 Å². The molecule has 0 aliphatic heterocycles. The van der Waals surface area contributed by atoms with E-state index in [4.69, 9.17) is 21.1 Å². The molecule has 0 saturated carbocycles. The quantitative estimate of drug-likeness (QED) is 0.854. The Morgan fingerprint density at radius 1 is 1.28 bits per heavy atom. The molecular weight excluding hydrogens is 252 g/mol. The third-order valence-corrected chi connectivity index (χ3v) is 3.18. The van der Waals surface area contributed by atoms with E-state index in [9.17, 15) is 0 Å². The Morgan fingerprint density at radius 3 is 2.50 bits per heavy atom. The van der Waals surface area contributed by atoms with Gasteiger partial charge in [0.2, 0.25) is 0 Å². The number of benzene rings is 1. The third kappa shape index (κ3) is 2.43. The van der Waals surface area contributed by atoms with Gasteiger partial charge in [-0.3, -0.25) is 4.68 Å². The van der Waals surface area contributed by atoms with Crippen molar-refractivity contribution in [3.05, 3.63) is 40.7 Å². The fourth-order valence-electron chi connectivity index (χ4n) is 1.73. The summed E-state index contributed by atoms with van der Waals surface area (Å²) >= 11 is 6.14. The predicted molar refractivity (Wildman–Crippen MR) is 70.3 cm³/mol. The molecule has 0 unspecified atom stereocenters. The van der Waals surface area contributed by atoms with Crippen LogP contribution in [0.1, 0.15) is 11.3 Å². The van der Waals surface area contributed by atoms with Crippen molar-refractivity contribution in [2.24, 2.45) is 7.05 Å². The highest BCUT2D eigenvalue weighted by Gasteiger charge is 2.12. The number of halogens is 1. The highest BCUT2D eigenvalue weighted by Crippen LogP contribution is 2.28. The van der Waals surface area contributed by atoms with Crippen LogP contribution < -0.4 is 9.47 Å². The van der Waals surface area contributed by atoms with Crippen molar-refractivity contribution in [1.29, 1.82) is 0 Å². The summed E-state index contributed by atoms with van der Waals surface area (Å²) in [5.41, 5.74) is 1.77. The van der Waals surface area contributed by atoms with E-state index in [1.54, 1.807) is 11.8 Å². The number of nitrogens with zero attached hydrogens (tertiary/aromatic N) is 2. The van der Waals surface area contributed by atoms with Gasteiger partial charge in [-0.05, 0) is 19.1 Å². The van der Waals surface area contributed by atoms with Crippen LogP contribution in [0.5, 0.6) is 11.5 Å². The Balaban J connectivity index is 2.16. The molecule has 4 nitrogen and oxygen atoms in total. The van der Waals surface area contributed by atoms with Gasteiger partial charge in [0.25, 0.3) is 0 Å². The number of hydrogen-bond acceptors (Lipinski definition) is 3. The maximum absolute atomic E-state index is 6.14. The second kappa shape index (κ2) is 5.31. The Bertz CT molecular complexity index is 552. The Labute approximate surface area is 111 Å². The van der Waals surface area contributed by atoms with E-state index in [0.717, 1.165) is 11.3 Å². The van der Waals surface area contributed by atoms with Crippen molar-refractivity contribution in [2.75, 3.05) is 7.11 Å². The largest absolute Gasteiger partial charge is 0.493 e. The third-order valence-electron chi connectivity index (χ3n) is 2.71. The van der Waals surface area contributed by atoms with E-state index in [-0.39, 0.29) is 0 Å². The van der Waals surface area contributed by atoms with Crippen LogP contribution in [0.3, 0.4) is 0 Å². The molecule has 0 fully saturated rings. The van der Waals surface area contributed by atoms with Crippen molar-refractivity contribution >= 4 is 11.6 Å². The fraction of sp³-hybridized carbons (Fsp3) is 0.308. The molecule has 5 heteroatoms. The molecule has 2 aromatic rings. The zero-order valence-electron chi connectivity index (χ0n) is 10.6. The monoisotopic (exact) mass is 266 g/mol. The van der Waals surface area contributed by atoms with Crippen molar-refractivity contribution in [1.82, 2.24) is 9.78 Å². The van der Waals surface area contributed by atoms with Crippen molar-refractivity contribution in [3.8, 4) is 11.5 Å². The maximum Gasteiger partial charge on any atom is 0.161 e. The molecule has 2 rings (SSSR count). The van der Waals surface area contributed by atoms with Crippen LogP contribution in [0, 0.1) is 6.92 Å². The molecule has 0 amide bonds. The second-order valence-electron chi connectivity index (χ2n) is 3.92. The van der Waals surface area contributed by atoms with Gasteiger partial charge in [0, 0.05) is 12.6 Å². The predicted octanol–water partition coefficient (Wildman–Crippen LogP) is 2.97. The van der Waals surface area contributed by atoms with Gasteiger partial charge in [0.15, 0.2) is 11.5 Å². The lowest BCUT2D eigenvalue weighted by molar-refractivity contribution is 0.284. The van der Waals surface area contributed by atoms with Gasteiger partial charge in [-0.1, -0.05) is 23.7 Å². The fourth-order valence-corrected chi connectivity index (χ4v) is 1.95. The normalized spacial score (nSPS) is 10.4. The topological polar surface area (TPSA) is 36.3 Å². The minimum absolute atomic E-state index is 0.374. The summed E-state index contributed by atoms with van der Waals surface area (Å²) in [7, 11) is 3.42. The summed E-state index contributed by atoms with van der Waals surface area (Å²) in [4.78, 5) is 0. The van der Waals surface area contributed by atoms with E-state index in [0.29, 0.717) is 23.3 Å². The number of rotatable bonds is 4. The summed E-state index contributed by atoms with van der Waals surface area (Å²) in [6.07, 6.45) is 0. The SMILES string of the molecule is COc1ccccc1OCc1c(C)nn(C)c1Cl. The van der Waals surface area contributed by atoms with Crippen LogP contribution >= 0.6 is 11.6 Å². The molecule has 1 aromatic carbocycles. The first-order valence-corrected chi connectivity index (χ1v) is 5.95. The summed E-state index contributed by atoms with van der Waals surface area (Å²) in [5, 5.41) is 4.84. The van der Waals surface area contributed by atoms with E-state index in [1.165, 1.54) is 0 Å². The van der Waals surface area contributed by atoms with Crippen molar-refractivity contribution in [2.45, 2.75) is 13.5 Å². The molecule has 0 N–H and O–H groups in total. The van der Waals surface area contributed by atoms with Crippen LogP contribution in [-0.2, 0) is 13.7 Å². The number of aryl methyl sites for hydroxylation is 2. The maximum atomic E-state index is 6.14. The number of aromatic nitrogens is 2. The number of methoxy groups -OCH3 is 1. The highest BCUT2D eigenvalue weighted by molar-refractivity contribution is 6.30. The molecule has 0 atom stereocenters. The number of para-hydroxylation sites is 2. The Kier molecular flexibility index (Phi) is 3.77. The first kappa shape index (κ1) is 12.8. The van der Waals surface area contributed by atoms with Gasteiger partial charge in [-0.15, -0.1) is 0 Å². The molecule has 96 valence electrons. The molecule has 0 aliphatic rings. The van der Waals surface area contributed by atoms with Crippen molar-refractivity contribution in [3.63, 3.8) is 0 Å². The van der Waals surface area contributed by atoms with Crippen LogP contribution in [0.4, 0.5) is 0 Å². The molecular formula is C13H15ClN2O2. The standard InChI is InChI=1S/C13H15ClN2O2/c1-9-10(13(14)16(2)15-9)8-18-12-7-5-4-6-11(12)17-3/h4-7H,8H2,1-3H3. The van der Waals surface area contributed by atoms with Gasteiger partial charge in [-0.25, -0.2) is 0 Å². The average molecular weight is 267 g/mol. The van der Waals surface area contributed by atoms with Crippen molar-refractivity contribution < 1.29 is 9.47 Å². The van der Waals surface area contributed by atoms with E-state index in [1.807, 2.05) is 38.2 Å². The van der Waals surface area contributed by atoms with Gasteiger partial charge >= 0.3 is 0 Å². The molecule has 0 spiro atoms. The lowest BCUT2D eigenvalue weighted by Crippen LogP contribution is -1.99. The lowest BCUT2D eigenvalue weighted by atomic mass is 10.3. The molecule has 0 bridgehead atoms. The van der Waals surface area contributed by atoms with E-state index in [2.05, 4.69) is 5.10 Å². The zero-order valence-corrected chi connectivity index (χ0v) is 11.4. The van der Waals surface area contributed by atoms with Crippen LogP contribution in [0.2, 0.25) is 5.15 Å². The molecule has 0 radical (unpaired) electrons. The molecule has 0 saturated heterocycles. The number of hydrogen-bond donors (Lipinski definition) is 0. The molecule has 1 aromatic heterocycles.